The van der Waals surface area contributed by atoms with E-state index in [1.165, 1.54) is 58.2 Å². The Kier molecular flexibility index (Phi) is 9.47. The van der Waals surface area contributed by atoms with Crippen LogP contribution in [-0.2, 0) is 11.2 Å². The van der Waals surface area contributed by atoms with Gasteiger partial charge in [-0.05, 0) is 60.4 Å². The average molecular weight is 635 g/mol. The molecule has 1 aliphatic rings. The molecule has 3 amide bonds. The second-order valence-electron chi connectivity index (χ2n) is 10.3. The minimum Gasteiger partial charge on any atom is -0.406 e. The first-order chi connectivity index (χ1) is 21.5. The summed E-state index contributed by atoms with van der Waals surface area (Å²) in [7, 11) is 0. The van der Waals surface area contributed by atoms with Gasteiger partial charge in [-0.1, -0.05) is 68.4 Å². The van der Waals surface area contributed by atoms with E-state index in [-0.39, 0.29) is 23.3 Å². The fraction of sp³-hybridized carbons (Fsp3) is 0.250. The molecular weight excluding hydrogens is 605 g/mol. The van der Waals surface area contributed by atoms with E-state index in [9.17, 15) is 22.8 Å². The van der Waals surface area contributed by atoms with Crippen molar-refractivity contribution < 1.29 is 27.5 Å². The summed E-state index contributed by atoms with van der Waals surface area (Å²) in [6.07, 6.45) is -0.0650. The maximum Gasteiger partial charge on any atom is 0.573 e. The molecular formula is C32H29F3N6O3S. The van der Waals surface area contributed by atoms with Gasteiger partial charge in [-0.2, -0.15) is 4.99 Å². The molecule has 4 aromatic rings. The number of anilines is 1. The lowest BCUT2D eigenvalue weighted by molar-refractivity contribution is -0.274. The van der Waals surface area contributed by atoms with E-state index in [0.29, 0.717) is 16.7 Å². The Bertz CT molecular complexity index is 1750. The van der Waals surface area contributed by atoms with Crippen molar-refractivity contribution in [3.8, 4) is 22.8 Å². The van der Waals surface area contributed by atoms with Crippen molar-refractivity contribution in [2.24, 2.45) is 9.98 Å². The van der Waals surface area contributed by atoms with E-state index >= 15 is 0 Å². The Balaban J connectivity index is 1.24. The monoisotopic (exact) mass is 634 g/mol. The number of amidine groups is 1. The number of amides is 3. The van der Waals surface area contributed by atoms with Crippen molar-refractivity contribution in [1.82, 2.24) is 14.8 Å². The molecule has 1 saturated heterocycles. The zero-order chi connectivity index (χ0) is 32.1. The number of ether oxygens (including phenoxy) is 1. The van der Waals surface area contributed by atoms with Crippen LogP contribution in [0.4, 0.5) is 23.7 Å². The lowest BCUT2D eigenvalue weighted by Gasteiger charge is -2.20. The van der Waals surface area contributed by atoms with E-state index in [2.05, 4.69) is 31.7 Å². The first-order valence-corrected chi connectivity index (χ1v) is 15.1. The fourth-order valence-electron chi connectivity index (χ4n) is 4.67. The summed E-state index contributed by atoms with van der Waals surface area (Å²) in [5.41, 5.74) is 4.91. The average Bonchev–Trinajstić information content (AvgIpc) is 3.64. The summed E-state index contributed by atoms with van der Waals surface area (Å²) < 4.78 is 42.6. The lowest BCUT2D eigenvalue weighted by atomic mass is 10.0. The molecule has 1 atom stereocenters. The molecule has 3 aromatic carbocycles. The van der Waals surface area contributed by atoms with Gasteiger partial charge in [-0.25, -0.2) is 19.5 Å². The van der Waals surface area contributed by atoms with Crippen LogP contribution in [0.1, 0.15) is 42.9 Å². The van der Waals surface area contributed by atoms with Crippen LogP contribution in [0.2, 0.25) is 0 Å². The second kappa shape index (κ2) is 13.5. The number of aromatic nitrogens is 3. The third-order valence-electron chi connectivity index (χ3n) is 6.89. The van der Waals surface area contributed by atoms with Crippen LogP contribution >= 0.6 is 11.8 Å². The Morgan fingerprint density at radius 3 is 2.53 bits per heavy atom. The molecule has 1 aromatic heterocycles. The highest BCUT2D eigenvalue weighted by Crippen LogP contribution is 2.32. The number of urea groups is 1. The molecule has 0 saturated carbocycles. The van der Waals surface area contributed by atoms with Gasteiger partial charge in [0.25, 0.3) is 0 Å². The minimum absolute atomic E-state index is 0.125. The molecule has 1 unspecified atom stereocenters. The Labute approximate surface area is 261 Å². The van der Waals surface area contributed by atoms with Crippen molar-refractivity contribution >= 4 is 40.8 Å². The van der Waals surface area contributed by atoms with E-state index in [1.807, 2.05) is 56.3 Å². The summed E-state index contributed by atoms with van der Waals surface area (Å²) in [4.78, 5) is 39.5. The zero-order valence-corrected chi connectivity index (χ0v) is 25.5. The number of nitrogens with zero attached hydrogens (tertiary/aromatic N) is 6. The van der Waals surface area contributed by atoms with Gasteiger partial charge in [0, 0.05) is 17.7 Å². The van der Waals surface area contributed by atoms with Crippen molar-refractivity contribution in [2.45, 2.75) is 45.9 Å². The number of halogens is 3. The van der Waals surface area contributed by atoms with E-state index in [0.717, 1.165) is 40.8 Å². The van der Waals surface area contributed by atoms with E-state index in [1.54, 1.807) is 0 Å². The van der Waals surface area contributed by atoms with Gasteiger partial charge in [0.2, 0.25) is 5.91 Å². The molecule has 0 spiro atoms. The van der Waals surface area contributed by atoms with Crippen LogP contribution in [0.5, 0.6) is 5.75 Å². The smallest absolute Gasteiger partial charge is 0.406 e. The number of hydrogen-bond acceptors (Lipinski definition) is 6. The largest absolute Gasteiger partial charge is 0.573 e. The molecule has 0 bridgehead atoms. The standard InChI is InChI=1S/C32H29F3N6O3S/c1-4-5-23-7-6-20(2)16-27(23)41-28(42)18-45-31(41)38-30(43)36-17-21(3)22-8-10-24(11-9-22)29-37-19-40(39-29)25-12-14-26(15-13-25)44-32(33,34)35/h6-17,19,21H,4-5,18H2,1-3H3. The highest BCUT2D eigenvalue weighted by atomic mass is 32.2. The molecule has 13 heteroatoms. The summed E-state index contributed by atoms with van der Waals surface area (Å²) >= 11 is 1.22. The van der Waals surface area contributed by atoms with Gasteiger partial charge in [0.15, 0.2) is 11.0 Å². The summed E-state index contributed by atoms with van der Waals surface area (Å²) in [5, 5.41) is 4.74. The van der Waals surface area contributed by atoms with Crippen LogP contribution < -0.4 is 9.64 Å². The van der Waals surface area contributed by atoms with Crippen molar-refractivity contribution in [1.29, 1.82) is 0 Å². The predicted octanol–water partition coefficient (Wildman–Crippen LogP) is 7.52. The van der Waals surface area contributed by atoms with E-state index in [4.69, 9.17) is 0 Å². The number of alkyl halides is 3. The highest BCUT2D eigenvalue weighted by molar-refractivity contribution is 8.15. The van der Waals surface area contributed by atoms with Crippen LogP contribution in [0.3, 0.4) is 0 Å². The number of carbonyl (C=O) groups excluding carboxylic acids is 2. The predicted molar refractivity (Wildman–Crippen MR) is 168 cm³/mol. The number of carbonyl (C=O) groups is 2. The summed E-state index contributed by atoms with van der Waals surface area (Å²) in [6.45, 7) is 5.92. The topological polar surface area (TPSA) is 102 Å². The number of thioether (sulfide) groups is 1. The Morgan fingerprint density at radius 2 is 1.84 bits per heavy atom. The SMILES string of the molecule is CCCc1ccc(C)cc1N1C(=O)CSC1=NC(=O)N=CC(C)c1ccc(-c2ncn(-c3ccc(OC(F)(F)F)cc3)n2)cc1. The second-order valence-corrected chi connectivity index (χ2v) is 11.3. The van der Waals surface area contributed by atoms with Gasteiger partial charge in [0.1, 0.15) is 12.1 Å². The molecule has 45 heavy (non-hydrogen) atoms. The molecule has 2 heterocycles. The lowest BCUT2D eigenvalue weighted by Crippen LogP contribution is -2.30. The number of aryl methyl sites for hydroxylation is 2. The normalized spacial score (nSPS) is 15.3. The molecule has 9 nitrogen and oxygen atoms in total. The number of rotatable bonds is 8. The van der Waals surface area contributed by atoms with Gasteiger partial charge in [-0.3, -0.25) is 9.69 Å². The summed E-state index contributed by atoms with van der Waals surface area (Å²) in [6, 6.07) is 18.0. The van der Waals surface area contributed by atoms with Crippen LogP contribution in [0.25, 0.3) is 17.1 Å². The number of benzene rings is 3. The maximum atomic E-state index is 12.8. The molecule has 1 fully saturated rings. The zero-order valence-electron chi connectivity index (χ0n) is 24.7. The van der Waals surface area contributed by atoms with Crippen molar-refractivity contribution in [3.05, 3.63) is 89.7 Å². The Hall–Kier alpha value is -4.78. The molecule has 232 valence electrons. The number of hydrogen-bond donors (Lipinski definition) is 0. The third kappa shape index (κ3) is 7.85. The van der Waals surface area contributed by atoms with Gasteiger partial charge in [0.05, 0.1) is 17.1 Å². The van der Waals surface area contributed by atoms with Crippen LogP contribution in [0, 0.1) is 6.92 Å². The van der Waals surface area contributed by atoms with Crippen molar-refractivity contribution in [3.63, 3.8) is 0 Å². The highest BCUT2D eigenvalue weighted by Gasteiger charge is 2.32. The van der Waals surface area contributed by atoms with Gasteiger partial charge >= 0.3 is 12.4 Å². The van der Waals surface area contributed by atoms with Gasteiger partial charge < -0.3 is 4.74 Å². The third-order valence-corrected chi connectivity index (χ3v) is 7.81. The molecule has 0 N–H and O–H groups in total. The summed E-state index contributed by atoms with van der Waals surface area (Å²) in [5.74, 6) is -0.0400. The molecule has 5 rings (SSSR count). The Morgan fingerprint density at radius 1 is 1.11 bits per heavy atom. The molecule has 0 aliphatic carbocycles. The fourth-order valence-corrected chi connectivity index (χ4v) is 5.53. The van der Waals surface area contributed by atoms with Gasteiger partial charge in [-0.15, -0.1) is 18.3 Å². The van der Waals surface area contributed by atoms with Crippen molar-refractivity contribution in [2.75, 3.05) is 10.7 Å². The molecule has 1 aliphatic heterocycles. The first-order valence-electron chi connectivity index (χ1n) is 14.1. The van der Waals surface area contributed by atoms with Crippen LogP contribution in [0.15, 0.2) is 83.0 Å². The molecule has 0 radical (unpaired) electrons. The maximum absolute atomic E-state index is 12.8. The number of aliphatic imine (C=N–C) groups is 2. The minimum atomic E-state index is -4.76. The van der Waals surface area contributed by atoms with Crippen LogP contribution in [-0.4, -0.2) is 50.2 Å². The quantitative estimate of drug-likeness (QED) is 0.186. The van der Waals surface area contributed by atoms with E-state index < -0.39 is 12.4 Å². The first kappa shape index (κ1) is 31.6.